The van der Waals surface area contributed by atoms with Crippen LogP contribution >= 0.6 is 0 Å². The smallest absolute Gasteiger partial charge is 0.223 e. The van der Waals surface area contributed by atoms with Gasteiger partial charge in [0.1, 0.15) is 0 Å². The third kappa shape index (κ3) is 3.06. The molecule has 1 aliphatic heterocycles. The molecule has 0 saturated carbocycles. The lowest BCUT2D eigenvalue weighted by Crippen LogP contribution is -2.52. The Labute approximate surface area is 102 Å². The predicted molar refractivity (Wildman–Crippen MR) is 65.6 cm³/mol. The summed E-state index contributed by atoms with van der Waals surface area (Å²) in [4.78, 5) is 14.0. The molecule has 0 aliphatic carbocycles. The molecule has 1 fully saturated rings. The van der Waals surface area contributed by atoms with Crippen LogP contribution < -0.4 is 5.32 Å². The summed E-state index contributed by atoms with van der Waals surface area (Å²) in [7, 11) is 1.89. The lowest BCUT2D eigenvalue weighted by Gasteiger charge is -2.34. The van der Waals surface area contributed by atoms with Gasteiger partial charge < -0.3 is 10.2 Å². The fourth-order valence-corrected chi connectivity index (χ4v) is 2.21. The van der Waals surface area contributed by atoms with Gasteiger partial charge >= 0.3 is 0 Å². The van der Waals surface area contributed by atoms with Gasteiger partial charge in [0, 0.05) is 45.3 Å². The Bertz CT molecular complexity index is 388. The molecular weight excluding hydrogens is 216 g/mol. The van der Waals surface area contributed by atoms with Crippen molar-refractivity contribution in [3.8, 4) is 0 Å². The van der Waals surface area contributed by atoms with E-state index in [0.29, 0.717) is 12.5 Å². The number of rotatable bonds is 3. The number of aryl methyl sites for hydroxylation is 2. The molecule has 94 valence electrons. The highest BCUT2D eigenvalue weighted by Gasteiger charge is 2.22. The van der Waals surface area contributed by atoms with E-state index in [-0.39, 0.29) is 5.91 Å². The van der Waals surface area contributed by atoms with Crippen LogP contribution in [0, 0.1) is 0 Å². The van der Waals surface area contributed by atoms with Crippen LogP contribution in [0.25, 0.3) is 0 Å². The SMILES string of the molecule is CC1CNCCN1C(=O)CCc1cnn(C)c1. The minimum atomic E-state index is 0.253. The minimum Gasteiger partial charge on any atom is -0.337 e. The Morgan fingerprint density at radius 1 is 1.65 bits per heavy atom. The molecule has 0 aromatic carbocycles. The van der Waals surface area contributed by atoms with Crippen LogP contribution in [0.3, 0.4) is 0 Å². The molecule has 1 unspecified atom stereocenters. The van der Waals surface area contributed by atoms with Gasteiger partial charge in [-0.1, -0.05) is 0 Å². The first-order valence-electron chi connectivity index (χ1n) is 6.14. The fourth-order valence-electron chi connectivity index (χ4n) is 2.21. The van der Waals surface area contributed by atoms with Gasteiger partial charge in [0.15, 0.2) is 0 Å². The molecule has 0 radical (unpaired) electrons. The Hall–Kier alpha value is -1.36. The van der Waals surface area contributed by atoms with Crippen molar-refractivity contribution in [1.29, 1.82) is 0 Å². The van der Waals surface area contributed by atoms with E-state index in [1.165, 1.54) is 0 Å². The van der Waals surface area contributed by atoms with E-state index in [1.54, 1.807) is 4.68 Å². The molecule has 1 aliphatic rings. The highest BCUT2D eigenvalue weighted by Crippen LogP contribution is 2.08. The lowest BCUT2D eigenvalue weighted by molar-refractivity contribution is -0.133. The van der Waals surface area contributed by atoms with Gasteiger partial charge in [0.25, 0.3) is 0 Å². The van der Waals surface area contributed by atoms with Crippen LogP contribution in [-0.2, 0) is 18.3 Å². The summed E-state index contributed by atoms with van der Waals surface area (Å²) in [6, 6.07) is 0.310. The van der Waals surface area contributed by atoms with Crippen molar-refractivity contribution < 1.29 is 4.79 Å². The Balaban J connectivity index is 1.84. The van der Waals surface area contributed by atoms with Crippen LogP contribution in [0.15, 0.2) is 12.4 Å². The molecule has 2 heterocycles. The third-order valence-electron chi connectivity index (χ3n) is 3.21. The van der Waals surface area contributed by atoms with Crippen molar-refractivity contribution >= 4 is 5.91 Å². The van der Waals surface area contributed by atoms with Gasteiger partial charge in [-0.05, 0) is 18.9 Å². The van der Waals surface area contributed by atoms with Crippen LogP contribution in [-0.4, -0.2) is 46.3 Å². The molecule has 5 nitrogen and oxygen atoms in total. The Morgan fingerprint density at radius 3 is 3.12 bits per heavy atom. The molecule has 1 aromatic heterocycles. The number of aromatic nitrogens is 2. The number of nitrogens with zero attached hydrogens (tertiary/aromatic N) is 3. The quantitative estimate of drug-likeness (QED) is 0.814. The average molecular weight is 236 g/mol. The number of amides is 1. The van der Waals surface area contributed by atoms with Crippen molar-refractivity contribution in [2.75, 3.05) is 19.6 Å². The molecule has 1 N–H and O–H groups in total. The second kappa shape index (κ2) is 5.31. The summed E-state index contributed by atoms with van der Waals surface area (Å²) < 4.78 is 1.77. The molecular formula is C12H20N4O. The van der Waals surface area contributed by atoms with Crippen molar-refractivity contribution in [3.63, 3.8) is 0 Å². The zero-order valence-electron chi connectivity index (χ0n) is 10.5. The Morgan fingerprint density at radius 2 is 2.47 bits per heavy atom. The summed E-state index contributed by atoms with van der Waals surface area (Å²) in [5, 5.41) is 7.39. The molecule has 0 bridgehead atoms. The van der Waals surface area contributed by atoms with Gasteiger partial charge in [-0.3, -0.25) is 9.48 Å². The van der Waals surface area contributed by atoms with E-state index in [9.17, 15) is 4.79 Å². The number of piperazine rings is 1. The third-order valence-corrected chi connectivity index (χ3v) is 3.21. The molecule has 0 spiro atoms. The highest BCUT2D eigenvalue weighted by atomic mass is 16.2. The van der Waals surface area contributed by atoms with Gasteiger partial charge in [0.2, 0.25) is 5.91 Å². The molecule has 1 aromatic rings. The number of nitrogens with one attached hydrogen (secondary N) is 1. The van der Waals surface area contributed by atoms with Gasteiger partial charge in [-0.25, -0.2) is 0 Å². The summed E-state index contributed by atoms with van der Waals surface area (Å²) in [6.07, 6.45) is 5.16. The standard InChI is InChI=1S/C12H20N4O/c1-10-7-13-5-6-16(10)12(17)4-3-11-8-14-15(2)9-11/h8-10,13H,3-7H2,1-2H3. The summed E-state index contributed by atoms with van der Waals surface area (Å²) >= 11 is 0. The second-order valence-electron chi connectivity index (χ2n) is 4.66. The monoisotopic (exact) mass is 236 g/mol. The molecule has 2 rings (SSSR count). The first-order chi connectivity index (χ1) is 8.16. The largest absolute Gasteiger partial charge is 0.337 e. The van der Waals surface area contributed by atoms with Crippen molar-refractivity contribution in [2.24, 2.45) is 7.05 Å². The number of hydrogen-bond acceptors (Lipinski definition) is 3. The van der Waals surface area contributed by atoms with Crippen LogP contribution in [0.1, 0.15) is 18.9 Å². The van der Waals surface area contributed by atoms with Crippen LogP contribution in [0.4, 0.5) is 0 Å². The minimum absolute atomic E-state index is 0.253. The second-order valence-corrected chi connectivity index (χ2v) is 4.66. The first kappa shape index (κ1) is 12.1. The molecule has 1 saturated heterocycles. The van der Waals surface area contributed by atoms with Gasteiger partial charge in [-0.2, -0.15) is 5.10 Å². The first-order valence-corrected chi connectivity index (χ1v) is 6.14. The van der Waals surface area contributed by atoms with Crippen molar-refractivity contribution in [1.82, 2.24) is 20.0 Å². The Kier molecular flexibility index (Phi) is 3.78. The number of carbonyl (C=O) groups excluding carboxylic acids is 1. The van der Waals surface area contributed by atoms with Crippen LogP contribution in [0.2, 0.25) is 0 Å². The highest BCUT2D eigenvalue weighted by molar-refractivity contribution is 5.76. The van der Waals surface area contributed by atoms with E-state index in [4.69, 9.17) is 0 Å². The maximum atomic E-state index is 12.1. The topological polar surface area (TPSA) is 50.2 Å². The van der Waals surface area contributed by atoms with Crippen LogP contribution in [0.5, 0.6) is 0 Å². The molecule has 17 heavy (non-hydrogen) atoms. The summed E-state index contributed by atoms with van der Waals surface area (Å²) in [6.45, 7) is 4.72. The predicted octanol–water partition coefficient (Wildman–Crippen LogP) is 0.173. The number of hydrogen-bond donors (Lipinski definition) is 1. The summed E-state index contributed by atoms with van der Waals surface area (Å²) in [5.41, 5.74) is 1.13. The van der Waals surface area contributed by atoms with E-state index >= 15 is 0 Å². The molecule has 5 heteroatoms. The normalized spacial score (nSPS) is 20.6. The zero-order valence-corrected chi connectivity index (χ0v) is 10.5. The van der Waals surface area contributed by atoms with Crippen molar-refractivity contribution in [3.05, 3.63) is 18.0 Å². The fraction of sp³-hybridized carbons (Fsp3) is 0.667. The van der Waals surface area contributed by atoms with E-state index in [2.05, 4.69) is 17.3 Å². The lowest BCUT2D eigenvalue weighted by atomic mass is 10.1. The van der Waals surface area contributed by atoms with E-state index < -0.39 is 0 Å². The molecule has 1 atom stereocenters. The van der Waals surface area contributed by atoms with Gasteiger partial charge in [0.05, 0.1) is 6.20 Å². The maximum Gasteiger partial charge on any atom is 0.223 e. The zero-order chi connectivity index (χ0) is 12.3. The van der Waals surface area contributed by atoms with Gasteiger partial charge in [-0.15, -0.1) is 0 Å². The average Bonchev–Trinajstić information content (AvgIpc) is 2.73. The molecule has 1 amide bonds. The maximum absolute atomic E-state index is 12.1. The number of carbonyl (C=O) groups is 1. The van der Waals surface area contributed by atoms with E-state index in [1.807, 2.05) is 24.3 Å². The van der Waals surface area contributed by atoms with Crippen molar-refractivity contribution in [2.45, 2.75) is 25.8 Å². The van der Waals surface area contributed by atoms with E-state index in [0.717, 1.165) is 31.6 Å². The summed E-state index contributed by atoms with van der Waals surface area (Å²) in [5.74, 6) is 0.253.